The van der Waals surface area contributed by atoms with E-state index in [1.807, 2.05) is 0 Å². The van der Waals surface area contributed by atoms with Crippen LogP contribution in [0.15, 0.2) is 0 Å². The van der Waals surface area contributed by atoms with Gasteiger partial charge in [0.15, 0.2) is 0 Å². The maximum Gasteiger partial charge on any atom is 0.236 e. The molecule has 0 aliphatic heterocycles. The van der Waals surface area contributed by atoms with E-state index < -0.39 is 0 Å². The van der Waals surface area contributed by atoms with Crippen molar-refractivity contribution in [2.24, 2.45) is 0 Å². The molecule has 0 radical (unpaired) electrons. The predicted molar refractivity (Wildman–Crippen MR) is 41.8 cm³/mol. The molecule has 3 heteroatoms. The third-order valence-corrected chi connectivity index (χ3v) is 1.49. The van der Waals surface area contributed by atoms with Gasteiger partial charge in [-0.3, -0.25) is 4.79 Å². The molecule has 0 aromatic carbocycles. The number of carbonyl (C=O) groups is 1. The Balaban J connectivity index is 3.68. The molecule has 1 atom stereocenters. The second kappa shape index (κ2) is 5.23. The van der Waals surface area contributed by atoms with Crippen LogP contribution >= 0.6 is 0 Å². The number of hydrogen-bond acceptors (Lipinski definition) is 2. The van der Waals surface area contributed by atoms with Crippen molar-refractivity contribution in [1.82, 2.24) is 10.6 Å². The Morgan fingerprint density at radius 3 is 2.40 bits per heavy atom. The van der Waals surface area contributed by atoms with E-state index in [-0.39, 0.29) is 11.9 Å². The third-order valence-electron chi connectivity index (χ3n) is 1.49. The van der Waals surface area contributed by atoms with Crippen molar-refractivity contribution < 1.29 is 4.79 Å². The molecule has 0 aliphatic carbocycles. The molecular weight excluding hydrogens is 128 g/mol. The van der Waals surface area contributed by atoms with Gasteiger partial charge in [-0.1, -0.05) is 13.3 Å². The highest BCUT2D eigenvalue weighted by Gasteiger charge is 2.11. The van der Waals surface area contributed by atoms with Gasteiger partial charge in [0.25, 0.3) is 0 Å². The lowest BCUT2D eigenvalue weighted by molar-refractivity contribution is -0.122. The fourth-order valence-corrected chi connectivity index (χ4v) is 0.869. The average Bonchev–Trinajstić information content (AvgIpc) is 1.99. The third kappa shape index (κ3) is 2.82. The van der Waals surface area contributed by atoms with Gasteiger partial charge in [0.2, 0.25) is 5.91 Å². The Morgan fingerprint density at radius 1 is 1.50 bits per heavy atom. The maximum atomic E-state index is 11.0. The Kier molecular flexibility index (Phi) is 4.94. The Hall–Kier alpha value is -0.570. The summed E-state index contributed by atoms with van der Waals surface area (Å²) in [5, 5.41) is 5.54. The van der Waals surface area contributed by atoms with E-state index in [0.29, 0.717) is 0 Å². The first-order valence-corrected chi connectivity index (χ1v) is 3.65. The summed E-state index contributed by atoms with van der Waals surface area (Å²) in [6.07, 6.45) is 1.93. The van der Waals surface area contributed by atoms with E-state index >= 15 is 0 Å². The first-order chi connectivity index (χ1) is 4.76. The largest absolute Gasteiger partial charge is 0.358 e. The van der Waals surface area contributed by atoms with Gasteiger partial charge in [0.05, 0.1) is 6.04 Å². The van der Waals surface area contributed by atoms with Crippen LogP contribution in [0.5, 0.6) is 0 Å². The maximum absolute atomic E-state index is 11.0. The zero-order chi connectivity index (χ0) is 7.98. The van der Waals surface area contributed by atoms with Crippen LogP contribution in [0, 0.1) is 0 Å². The molecule has 0 bridgehead atoms. The molecule has 0 aliphatic rings. The molecule has 0 heterocycles. The van der Waals surface area contributed by atoms with Crippen LogP contribution in [0.3, 0.4) is 0 Å². The number of hydrogen-bond donors (Lipinski definition) is 2. The summed E-state index contributed by atoms with van der Waals surface area (Å²) >= 11 is 0. The standard InChI is InChI=1S/C7H16N2O/c1-4-5-6(8-2)7(10)9-3/h6,8H,4-5H2,1-3H3,(H,9,10)/t6-/m1/s1. The van der Waals surface area contributed by atoms with Crippen LogP contribution in [0.1, 0.15) is 19.8 Å². The quantitative estimate of drug-likeness (QED) is 0.588. The molecule has 60 valence electrons. The van der Waals surface area contributed by atoms with E-state index in [0.717, 1.165) is 12.8 Å². The summed E-state index contributed by atoms with van der Waals surface area (Å²) < 4.78 is 0. The van der Waals surface area contributed by atoms with Gasteiger partial charge >= 0.3 is 0 Å². The van der Waals surface area contributed by atoms with E-state index in [1.165, 1.54) is 0 Å². The molecule has 0 saturated carbocycles. The summed E-state index contributed by atoms with van der Waals surface area (Å²) in [6, 6.07) is -0.0185. The molecule has 3 nitrogen and oxygen atoms in total. The second-order valence-corrected chi connectivity index (χ2v) is 2.24. The van der Waals surface area contributed by atoms with Gasteiger partial charge in [-0.25, -0.2) is 0 Å². The van der Waals surface area contributed by atoms with Gasteiger partial charge in [0, 0.05) is 7.05 Å². The molecule has 0 fully saturated rings. The van der Waals surface area contributed by atoms with Gasteiger partial charge in [-0.2, -0.15) is 0 Å². The summed E-state index contributed by atoms with van der Waals surface area (Å²) in [5.41, 5.74) is 0. The molecule has 0 aromatic heterocycles. The Morgan fingerprint density at radius 2 is 2.10 bits per heavy atom. The van der Waals surface area contributed by atoms with E-state index in [4.69, 9.17) is 0 Å². The van der Waals surface area contributed by atoms with E-state index in [1.54, 1.807) is 14.1 Å². The first-order valence-electron chi connectivity index (χ1n) is 3.65. The molecule has 10 heavy (non-hydrogen) atoms. The lowest BCUT2D eigenvalue weighted by Crippen LogP contribution is -2.40. The summed E-state index contributed by atoms with van der Waals surface area (Å²) in [4.78, 5) is 11.0. The zero-order valence-electron chi connectivity index (χ0n) is 6.90. The molecule has 0 aromatic rings. The average molecular weight is 144 g/mol. The van der Waals surface area contributed by atoms with Crippen LogP contribution in [0.25, 0.3) is 0 Å². The van der Waals surface area contributed by atoms with Crippen LogP contribution in [-0.4, -0.2) is 26.0 Å². The fourth-order valence-electron chi connectivity index (χ4n) is 0.869. The highest BCUT2D eigenvalue weighted by Crippen LogP contribution is 1.94. The smallest absolute Gasteiger partial charge is 0.236 e. The topological polar surface area (TPSA) is 41.1 Å². The van der Waals surface area contributed by atoms with Crippen molar-refractivity contribution in [2.45, 2.75) is 25.8 Å². The van der Waals surface area contributed by atoms with E-state index in [9.17, 15) is 4.79 Å². The van der Waals surface area contributed by atoms with Crippen molar-refractivity contribution >= 4 is 5.91 Å². The second-order valence-electron chi connectivity index (χ2n) is 2.24. The summed E-state index contributed by atoms with van der Waals surface area (Å²) in [7, 11) is 3.46. The van der Waals surface area contributed by atoms with Crippen molar-refractivity contribution in [3.8, 4) is 0 Å². The van der Waals surface area contributed by atoms with Crippen molar-refractivity contribution in [2.75, 3.05) is 14.1 Å². The van der Waals surface area contributed by atoms with Crippen LogP contribution < -0.4 is 10.6 Å². The fraction of sp³-hybridized carbons (Fsp3) is 0.857. The lowest BCUT2D eigenvalue weighted by Gasteiger charge is -2.12. The monoisotopic (exact) mass is 144 g/mol. The number of rotatable bonds is 4. The minimum atomic E-state index is -0.0185. The lowest BCUT2D eigenvalue weighted by atomic mass is 10.1. The van der Waals surface area contributed by atoms with Crippen LogP contribution in [0.4, 0.5) is 0 Å². The first kappa shape index (κ1) is 9.43. The van der Waals surface area contributed by atoms with E-state index in [2.05, 4.69) is 17.6 Å². The number of nitrogens with one attached hydrogen (secondary N) is 2. The highest BCUT2D eigenvalue weighted by molar-refractivity contribution is 5.81. The van der Waals surface area contributed by atoms with Gasteiger partial charge in [-0.15, -0.1) is 0 Å². The molecule has 1 amide bonds. The normalized spacial score (nSPS) is 12.7. The molecule has 0 saturated heterocycles. The predicted octanol–water partition coefficient (Wildman–Crippen LogP) is 0.120. The van der Waals surface area contributed by atoms with Gasteiger partial charge in [0.1, 0.15) is 0 Å². The van der Waals surface area contributed by atoms with Crippen molar-refractivity contribution in [1.29, 1.82) is 0 Å². The zero-order valence-corrected chi connectivity index (χ0v) is 6.90. The molecule has 0 spiro atoms. The highest BCUT2D eigenvalue weighted by atomic mass is 16.2. The van der Waals surface area contributed by atoms with Gasteiger partial charge in [-0.05, 0) is 13.5 Å². The SMILES string of the molecule is CCC[C@@H](NC)C(=O)NC. The number of amides is 1. The Labute approximate surface area is 62.2 Å². The molecule has 0 rings (SSSR count). The number of likely N-dealkylation sites (N-methyl/N-ethyl adjacent to an activating group) is 2. The van der Waals surface area contributed by atoms with Crippen LogP contribution in [0.2, 0.25) is 0 Å². The van der Waals surface area contributed by atoms with Crippen molar-refractivity contribution in [3.63, 3.8) is 0 Å². The van der Waals surface area contributed by atoms with Crippen molar-refractivity contribution in [3.05, 3.63) is 0 Å². The van der Waals surface area contributed by atoms with Gasteiger partial charge < -0.3 is 10.6 Å². The molecule has 2 N–H and O–H groups in total. The minimum absolute atomic E-state index is 0.0185. The summed E-state index contributed by atoms with van der Waals surface area (Å²) in [6.45, 7) is 2.06. The van der Waals surface area contributed by atoms with Crippen LogP contribution in [-0.2, 0) is 4.79 Å². The number of carbonyl (C=O) groups excluding carboxylic acids is 1. The molecule has 0 unspecified atom stereocenters. The molecular formula is C7H16N2O. The minimum Gasteiger partial charge on any atom is -0.358 e. The summed E-state index contributed by atoms with van der Waals surface area (Å²) in [5.74, 6) is 0.0735. The Bertz CT molecular complexity index is 104.